The highest BCUT2D eigenvalue weighted by Gasteiger charge is 2.33. The summed E-state index contributed by atoms with van der Waals surface area (Å²) in [6, 6.07) is 9.21. The van der Waals surface area contributed by atoms with Gasteiger partial charge < -0.3 is 14.4 Å². The summed E-state index contributed by atoms with van der Waals surface area (Å²) in [5, 5.41) is 0. The molecule has 8 nitrogen and oxygen atoms in total. The average Bonchev–Trinajstić information content (AvgIpc) is 3.62. The molecule has 11 heteroatoms. The maximum absolute atomic E-state index is 14.1. The summed E-state index contributed by atoms with van der Waals surface area (Å²) in [5.74, 6) is 1.10. The van der Waals surface area contributed by atoms with Gasteiger partial charge in [0.25, 0.3) is 6.43 Å². The first kappa shape index (κ1) is 26.3. The van der Waals surface area contributed by atoms with E-state index in [1.165, 1.54) is 4.57 Å². The van der Waals surface area contributed by atoms with E-state index >= 15 is 0 Å². The number of anilines is 1. The van der Waals surface area contributed by atoms with E-state index in [0.29, 0.717) is 73.5 Å². The van der Waals surface area contributed by atoms with Crippen molar-refractivity contribution >= 4 is 17.0 Å². The number of hydrogen-bond acceptors (Lipinski definition) is 7. The Labute approximate surface area is 226 Å². The highest BCUT2D eigenvalue weighted by atomic mass is 19.3. The van der Waals surface area contributed by atoms with Gasteiger partial charge in [0, 0.05) is 31.2 Å². The second-order valence-electron chi connectivity index (χ2n) is 10.7. The molecular formula is C28H35F3N6O2. The zero-order valence-electron chi connectivity index (χ0n) is 22.0. The number of hydrogen-bond donors (Lipinski definition) is 0. The average molecular weight is 545 g/mol. The zero-order chi connectivity index (χ0) is 26.8. The van der Waals surface area contributed by atoms with E-state index < -0.39 is 6.43 Å². The number of alkyl halides is 3. The SMILES string of the molecule is FC[C@@H]1CCCN1[C@H]1CC[C@@H](COc2cc(-n3c(C(F)F)nc4ccccc43)nc(N3CCOCC3)n2)CC1. The van der Waals surface area contributed by atoms with E-state index in [2.05, 4.69) is 19.9 Å². The number of morpholine rings is 1. The number of fused-ring (bicyclic) bond motifs is 1. The van der Waals surface area contributed by atoms with Crippen molar-refractivity contribution in [2.24, 2.45) is 5.92 Å². The van der Waals surface area contributed by atoms with Crippen molar-refractivity contribution < 1.29 is 22.6 Å². The molecule has 2 aliphatic heterocycles. The van der Waals surface area contributed by atoms with E-state index in [9.17, 15) is 13.2 Å². The Bertz CT molecular complexity index is 1260. The third-order valence-corrected chi connectivity index (χ3v) is 8.34. The van der Waals surface area contributed by atoms with E-state index in [0.717, 1.165) is 45.1 Å². The molecule has 1 saturated carbocycles. The minimum atomic E-state index is -2.77. The smallest absolute Gasteiger partial charge is 0.296 e. The molecular weight excluding hydrogens is 509 g/mol. The van der Waals surface area contributed by atoms with Gasteiger partial charge in [0.1, 0.15) is 12.5 Å². The van der Waals surface area contributed by atoms with Gasteiger partial charge >= 0.3 is 0 Å². The molecule has 39 heavy (non-hydrogen) atoms. The van der Waals surface area contributed by atoms with Crippen molar-refractivity contribution in [3.8, 4) is 11.7 Å². The molecule has 2 saturated heterocycles. The minimum Gasteiger partial charge on any atom is -0.477 e. The second-order valence-corrected chi connectivity index (χ2v) is 10.7. The van der Waals surface area contributed by atoms with Crippen LogP contribution in [-0.4, -0.2) is 82.6 Å². The van der Waals surface area contributed by atoms with Crippen LogP contribution in [-0.2, 0) is 4.74 Å². The van der Waals surface area contributed by atoms with Crippen molar-refractivity contribution in [3.63, 3.8) is 0 Å². The van der Waals surface area contributed by atoms with Crippen molar-refractivity contribution in [2.75, 3.05) is 51.0 Å². The number of likely N-dealkylation sites (tertiary alicyclic amines) is 1. The number of ether oxygens (including phenoxy) is 2. The topological polar surface area (TPSA) is 68.5 Å². The van der Waals surface area contributed by atoms with Crippen LogP contribution in [0.5, 0.6) is 5.88 Å². The Morgan fingerprint density at radius 3 is 2.54 bits per heavy atom. The fourth-order valence-corrected chi connectivity index (χ4v) is 6.28. The maximum Gasteiger partial charge on any atom is 0.296 e. The molecule has 0 N–H and O–H groups in total. The van der Waals surface area contributed by atoms with Gasteiger partial charge in [-0.3, -0.25) is 9.47 Å². The van der Waals surface area contributed by atoms with Crippen LogP contribution in [0.3, 0.4) is 0 Å². The number of aromatic nitrogens is 4. The number of benzene rings is 1. The van der Waals surface area contributed by atoms with E-state index in [1.807, 2.05) is 4.90 Å². The summed E-state index contributed by atoms with van der Waals surface area (Å²) in [4.78, 5) is 17.9. The first-order chi connectivity index (χ1) is 19.1. The molecule has 3 fully saturated rings. The predicted molar refractivity (Wildman–Crippen MR) is 142 cm³/mol. The molecule has 0 bridgehead atoms. The van der Waals surface area contributed by atoms with Crippen LogP contribution in [0, 0.1) is 5.92 Å². The Hall–Kier alpha value is -2.92. The van der Waals surface area contributed by atoms with Crippen molar-refractivity contribution in [1.82, 2.24) is 24.4 Å². The lowest BCUT2D eigenvalue weighted by molar-refractivity contribution is 0.0954. The van der Waals surface area contributed by atoms with Crippen LogP contribution in [0.4, 0.5) is 19.1 Å². The Kier molecular flexibility index (Phi) is 7.87. The quantitative estimate of drug-likeness (QED) is 0.397. The molecule has 0 unspecified atom stereocenters. The summed E-state index contributed by atoms with van der Waals surface area (Å²) in [6.07, 6.45) is 3.37. The molecule has 0 amide bonds. The maximum atomic E-state index is 14.1. The molecule has 1 aromatic carbocycles. The largest absolute Gasteiger partial charge is 0.477 e. The van der Waals surface area contributed by atoms with Gasteiger partial charge in [-0.25, -0.2) is 18.2 Å². The van der Waals surface area contributed by atoms with Crippen LogP contribution in [0.15, 0.2) is 30.3 Å². The Balaban J connectivity index is 1.23. The van der Waals surface area contributed by atoms with Crippen LogP contribution >= 0.6 is 0 Å². The van der Waals surface area contributed by atoms with E-state index in [4.69, 9.17) is 9.47 Å². The lowest BCUT2D eigenvalue weighted by Crippen LogP contribution is -2.42. The van der Waals surface area contributed by atoms with Gasteiger partial charge in [-0.2, -0.15) is 9.97 Å². The summed E-state index contributed by atoms with van der Waals surface area (Å²) in [6.45, 7) is 3.53. The van der Waals surface area contributed by atoms with Gasteiger partial charge in [0.15, 0.2) is 5.82 Å². The van der Waals surface area contributed by atoms with Gasteiger partial charge in [0.05, 0.1) is 30.9 Å². The fraction of sp³-hybridized carbons (Fsp3) is 0.607. The predicted octanol–water partition coefficient (Wildman–Crippen LogP) is 4.96. The third-order valence-electron chi connectivity index (χ3n) is 8.34. The zero-order valence-corrected chi connectivity index (χ0v) is 22.0. The molecule has 4 heterocycles. The normalized spacial score (nSPS) is 24.6. The lowest BCUT2D eigenvalue weighted by atomic mass is 9.85. The van der Waals surface area contributed by atoms with Crippen molar-refractivity contribution in [2.45, 2.75) is 57.0 Å². The van der Waals surface area contributed by atoms with Gasteiger partial charge in [-0.05, 0) is 63.1 Å². The molecule has 6 rings (SSSR count). The molecule has 0 spiro atoms. The summed E-state index contributed by atoms with van der Waals surface area (Å²) < 4.78 is 54.7. The summed E-state index contributed by atoms with van der Waals surface area (Å²) in [5.41, 5.74) is 1.03. The van der Waals surface area contributed by atoms with Crippen LogP contribution in [0.25, 0.3) is 16.9 Å². The first-order valence-electron chi connectivity index (χ1n) is 14.0. The lowest BCUT2D eigenvalue weighted by Gasteiger charge is -2.37. The number of para-hydroxylation sites is 2. The van der Waals surface area contributed by atoms with Crippen LogP contribution in [0.2, 0.25) is 0 Å². The molecule has 3 aromatic rings. The van der Waals surface area contributed by atoms with E-state index in [-0.39, 0.29) is 18.5 Å². The Morgan fingerprint density at radius 1 is 0.974 bits per heavy atom. The van der Waals surface area contributed by atoms with E-state index in [1.54, 1.807) is 30.3 Å². The van der Waals surface area contributed by atoms with Crippen molar-refractivity contribution in [3.05, 3.63) is 36.2 Å². The highest BCUT2D eigenvalue weighted by Crippen LogP contribution is 2.33. The standard InChI is InChI=1S/C28H35F3N6O2/c29-17-21-4-3-11-36(21)20-9-7-19(8-10-20)18-39-25-16-24(33-28(34-25)35-12-14-38-15-13-35)37-23-6-2-1-5-22(23)32-27(37)26(30)31/h1-2,5-6,16,19-21,26H,3-4,7-15,17-18H2/t19-,20+,21-/m0/s1. The van der Waals surface area contributed by atoms with Gasteiger partial charge in [-0.15, -0.1) is 0 Å². The minimum absolute atomic E-state index is 0.0817. The molecule has 3 aliphatic rings. The highest BCUT2D eigenvalue weighted by molar-refractivity contribution is 5.78. The fourth-order valence-electron chi connectivity index (χ4n) is 6.28. The molecule has 1 aliphatic carbocycles. The molecule has 0 radical (unpaired) electrons. The van der Waals surface area contributed by atoms with Crippen LogP contribution < -0.4 is 9.64 Å². The molecule has 210 valence electrons. The monoisotopic (exact) mass is 544 g/mol. The van der Waals surface area contributed by atoms with Crippen molar-refractivity contribution in [1.29, 1.82) is 0 Å². The molecule has 1 atom stereocenters. The number of rotatable bonds is 8. The first-order valence-corrected chi connectivity index (χ1v) is 14.0. The number of imidazole rings is 1. The summed E-state index contributed by atoms with van der Waals surface area (Å²) >= 11 is 0. The molecule has 2 aromatic heterocycles. The van der Waals surface area contributed by atoms with Crippen LogP contribution in [0.1, 0.15) is 50.8 Å². The van der Waals surface area contributed by atoms with Gasteiger partial charge in [-0.1, -0.05) is 12.1 Å². The third kappa shape index (κ3) is 5.56. The summed E-state index contributed by atoms with van der Waals surface area (Å²) in [7, 11) is 0. The second kappa shape index (κ2) is 11.7. The Morgan fingerprint density at radius 2 is 1.77 bits per heavy atom. The number of nitrogens with zero attached hydrogens (tertiary/aromatic N) is 6. The number of halogens is 3. The van der Waals surface area contributed by atoms with Gasteiger partial charge in [0.2, 0.25) is 11.8 Å².